The number of hydrogen-bond acceptors (Lipinski definition) is 15. The number of aliphatic hydroxyl groups excluding tert-OH is 1. The molecule has 0 fully saturated rings. The lowest BCUT2D eigenvalue weighted by Crippen LogP contribution is -2.30. The van der Waals surface area contributed by atoms with Gasteiger partial charge in [-0.05, 0) is 43.4 Å². The van der Waals surface area contributed by atoms with Gasteiger partial charge in [0, 0.05) is 25.7 Å². The molecule has 0 aromatic rings. The molecule has 0 heterocycles. The molecule has 0 bridgehead atoms. The Balaban J connectivity index is 5.15. The van der Waals surface area contributed by atoms with E-state index in [4.69, 9.17) is 37.0 Å². The highest BCUT2D eigenvalue weighted by Crippen LogP contribution is 2.45. The van der Waals surface area contributed by atoms with Gasteiger partial charge in [-0.3, -0.25) is 37.3 Å². The van der Waals surface area contributed by atoms with Gasteiger partial charge in [0.15, 0.2) is 12.2 Å². The number of esters is 4. The van der Waals surface area contributed by atoms with E-state index in [0.717, 1.165) is 114 Å². The summed E-state index contributed by atoms with van der Waals surface area (Å²) in [6.07, 6.45) is 53.1. The first-order valence-corrected chi connectivity index (χ1v) is 42.4. The summed E-state index contributed by atoms with van der Waals surface area (Å²) >= 11 is 0. The number of ether oxygens (including phenoxy) is 4. The Morgan fingerprint density at radius 1 is 0.305 bits per heavy atom. The maximum Gasteiger partial charge on any atom is 0.472 e. The zero-order valence-corrected chi connectivity index (χ0v) is 63.9. The van der Waals surface area contributed by atoms with E-state index in [1.807, 2.05) is 0 Å². The Bertz CT molecular complexity index is 1850. The molecular weight excluding hydrogens is 1250 g/mol. The van der Waals surface area contributed by atoms with Crippen LogP contribution in [-0.2, 0) is 65.4 Å². The fourth-order valence-electron chi connectivity index (χ4n) is 11.6. The van der Waals surface area contributed by atoms with Gasteiger partial charge >= 0.3 is 39.5 Å². The summed E-state index contributed by atoms with van der Waals surface area (Å²) in [5.74, 6) is 0.283. The third kappa shape index (κ3) is 69.0. The quantitative estimate of drug-likeness (QED) is 0.0222. The van der Waals surface area contributed by atoms with Gasteiger partial charge in [0.1, 0.15) is 19.3 Å². The monoisotopic (exact) mass is 1400 g/mol. The molecule has 0 saturated heterocycles. The number of carbonyl (C=O) groups excluding carboxylic acids is 4. The van der Waals surface area contributed by atoms with E-state index in [1.54, 1.807) is 0 Å². The Labute approximate surface area is 581 Å². The minimum atomic E-state index is -4.96. The average molecular weight is 1400 g/mol. The first-order chi connectivity index (χ1) is 45.8. The molecule has 0 aliphatic rings. The van der Waals surface area contributed by atoms with E-state index in [-0.39, 0.29) is 25.7 Å². The maximum absolute atomic E-state index is 13.1. The number of rotatable bonds is 74. The molecule has 0 saturated carbocycles. The third-order valence-electron chi connectivity index (χ3n) is 18.0. The van der Waals surface area contributed by atoms with E-state index >= 15 is 0 Å². The first kappa shape index (κ1) is 93.1. The van der Waals surface area contributed by atoms with Crippen LogP contribution in [0.4, 0.5) is 0 Å². The molecule has 0 spiro atoms. The summed E-state index contributed by atoms with van der Waals surface area (Å²) in [4.78, 5) is 72.5. The molecule has 3 unspecified atom stereocenters. The summed E-state index contributed by atoms with van der Waals surface area (Å²) in [6.45, 7) is 11.9. The highest BCUT2D eigenvalue weighted by atomic mass is 31.2. The number of unbranched alkanes of at least 4 members (excludes halogenated alkanes) is 41. The van der Waals surface area contributed by atoms with Gasteiger partial charge in [-0.15, -0.1) is 0 Å². The van der Waals surface area contributed by atoms with Gasteiger partial charge in [-0.2, -0.15) is 0 Å². The van der Waals surface area contributed by atoms with Crippen LogP contribution in [0.5, 0.6) is 0 Å². The number of aliphatic hydroxyl groups is 1. The van der Waals surface area contributed by atoms with E-state index in [9.17, 15) is 43.2 Å². The lowest BCUT2D eigenvalue weighted by molar-refractivity contribution is -0.161. The second-order valence-electron chi connectivity index (χ2n) is 28.6. The van der Waals surface area contributed by atoms with Gasteiger partial charge in [0.2, 0.25) is 0 Å². The Kier molecular flexibility index (Phi) is 65.2. The van der Waals surface area contributed by atoms with Crippen molar-refractivity contribution in [3.8, 4) is 0 Å². The van der Waals surface area contributed by atoms with Crippen LogP contribution < -0.4 is 0 Å². The predicted molar refractivity (Wildman–Crippen MR) is 386 cm³/mol. The van der Waals surface area contributed by atoms with Gasteiger partial charge in [-0.1, -0.05) is 337 Å². The fourth-order valence-corrected chi connectivity index (χ4v) is 13.1. The molecular formula is C76H148O17P2. The highest BCUT2D eigenvalue weighted by molar-refractivity contribution is 7.47. The van der Waals surface area contributed by atoms with Crippen molar-refractivity contribution >= 4 is 39.5 Å². The van der Waals surface area contributed by atoms with Crippen LogP contribution >= 0.6 is 15.6 Å². The summed E-state index contributed by atoms with van der Waals surface area (Å²) in [5, 5.41) is 10.6. The zero-order valence-electron chi connectivity index (χ0n) is 62.1. The van der Waals surface area contributed by atoms with Crippen molar-refractivity contribution in [1.82, 2.24) is 0 Å². The summed E-state index contributed by atoms with van der Waals surface area (Å²) in [7, 11) is -9.90. The molecule has 95 heavy (non-hydrogen) atoms. The minimum absolute atomic E-state index is 0.105. The van der Waals surface area contributed by atoms with Crippen molar-refractivity contribution in [3.05, 3.63) is 0 Å². The Morgan fingerprint density at radius 3 is 0.800 bits per heavy atom. The molecule has 564 valence electrons. The molecule has 0 radical (unpaired) electrons. The summed E-state index contributed by atoms with van der Waals surface area (Å²) < 4.78 is 68.3. The number of phosphoric acid groups is 2. The number of phosphoric ester groups is 2. The molecule has 19 heteroatoms. The Hall–Kier alpha value is -1.94. The fraction of sp³-hybridized carbons (Fsp3) is 0.947. The molecule has 0 aromatic heterocycles. The van der Waals surface area contributed by atoms with Crippen LogP contribution in [0.1, 0.15) is 389 Å². The van der Waals surface area contributed by atoms with E-state index in [0.29, 0.717) is 25.7 Å². The van der Waals surface area contributed by atoms with Crippen LogP contribution in [0.3, 0.4) is 0 Å². The van der Waals surface area contributed by atoms with Crippen molar-refractivity contribution in [2.24, 2.45) is 17.8 Å². The van der Waals surface area contributed by atoms with Crippen molar-refractivity contribution < 1.29 is 80.2 Å². The molecule has 17 nitrogen and oxygen atoms in total. The average Bonchev–Trinajstić information content (AvgIpc) is 1.48. The second kappa shape index (κ2) is 66.6. The summed E-state index contributed by atoms with van der Waals surface area (Å²) in [6, 6.07) is 0. The van der Waals surface area contributed by atoms with Crippen molar-refractivity contribution in [1.29, 1.82) is 0 Å². The molecule has 0 aliphatic heterocycles. The third-order valence-corrected chi connectivity index (χ3v) is 19.9. The van der Waals surface area contributed by atoms with Crippen LogP contribution in [-0.4, -0.2) is 96.7 Å². The smallest absolute Gasteiger partial charge is 0.462 e. The van der Waals surface area contributed by atoms with Crippen LogP contribution in [0.15, 0.2) is 0 Å². The molecule has 6 atom stereocenters. The van der Waals surface area contributed by atoms with Gasteiger partial charge in [0.05, 0.1) is 26.4 Å². The van der Waals surface area contributed by atoms with Gasteiger partial charge in [0.25, 0.3) is 0 Å². The summed E-state index contributed by atoms with van der Waals surface area (Å²) in [5.41, 5.74) is 0. The van der Waals surface area contributed by atoms with E-state index in [2.05, 4.69) is 48.5 Å². The normalized spacial score (nSPS) is 14.4. The van der Waals surface area contributed by atoms with Crippen LogP contribution in [0, 0.1) is 17.8 Å². The molecule has 0 rings (SSSR count). The maximum atomic E-state index is 13.1. The highest BCUT2D eigenvalue weighted by Gasteiger charge is 2.30. The molecule has 0 aromatic carbocycles. The van der Waals surface area contributed by atoms with Crippen molar-refractivity contribution in [3.63, 3.8) is 0 Å². The standard InChI is InChI=1S/C76H148O17P2/c1-8-10-11-40-50-57-73(78)86-63-71(92-75(80)60-53-46-39-33-27-26-30-36-43-49-56-69(7)9-2)65-90-94(82,83)88-61-70(77)62-89-95(84,85)91-66-72(64-87-74(79)58-51-44-37-31-24-20-17-16-19-23-29-35-42-48-55-68(5)6)93-76(81)59-52-45-38-32-25-21-15-13-12-14-18-22-28-34-41-47-54-67(3)4/h67-72,77H,8-66H2,1-7H3,(H,82,83)(H,84,85)/t69?,70-,71+,72+/m0/s1. The van der Waals surface area contributed by atoms with Gasteiger partial charge < -0.3 is 33.8 Å². The predicted octanol–water partition coefficient (Wildman–Crippen LogP) is 22.2. The minimum Gasteiger partial charge on any atom is -0.462 e. The van der Waals surface area contributed by atoms with E-state index in [1.165, 1.54) is 193 Å². The molecule has 0 aliphatic carbocycles. The van der Waals surface area contributed by atoms with Gasteiger partial charge in [-0.25, -0.2) is 9.13 Å². The second-order valence-corrected chi connectivity index (χ2v) is 31.5. The van der Waals surface area contributed by atoms with Crippen LogP contribution in [0.25, 0.3) is 0 Å². The Morgan fingerprint density at radius 2 is 0.537 bits per heavy atom. The SMILES string of the molecule is CCCCCCCC(=O)OC[C@H](COP(=O)(O)OC[C@H](O)COP(=O)(O)OC[C@@H](COC(=O)CCCCCCCCCCCCCCCCC(C)C)OC(=O)CCCCCCCCCCCCCCCCCCC(C)C)OC(=O)CCCCCCCCCCCCC(C)CC. The molecule has 0 amide bonds. The lowest BCUT2D eigenvalue weighted by Gasteiger charge is -2.21. The van der Waals surface area contributed by atoms with E-state index < -0.39 is 97.5 Å². The first-order valence-electron chi connectivity index (χ1n) is 39.4. The largest absolute Gasteiger partial charge is 0.472 e. The van der Waals surface area contributed by atoms with Crippen molar-refractivity contribution in [2.75, 3.05) is 39.6 Å². The molecule has 3 N–H and O–H groups in total. The topological polar surface area (TPSA) is 237 Å². The zero-order chi connectivity index (χ0) is 70.1. The number of hydrogen-bond donors (Lipinski definition) is 3. The van der Waals surface area contributed by atoms with Crippen molar-refractivity contribution in [2.45, 2.75) is 407 Å². The van der Waals surface area contributed by atoms with Crippen LogP contribution in [0.2, 0.25) is 0 Å². The lowest BCUT2D eigenvalue weighted by atomic mass is 9.99. The number of carbonyl (C=O) groups is 4.